The number of carbonyl (C=O) groups is 2. The molecule has 0 saturated carbocycles. The highest BCUT2D eigenvalue weighted by atomic mass is 19.4. The molecule has 0 unspecified atom stereocenters. The zero-order valence-corrected chi connectivity index (χ0v) is 17.7. The Hall–Kier alpha value is -3.81. The van der Waals surface area contributed by atoms with E-state index in [0.717, 1.165) is 6.07 Å². The minimum atomic E-state index is -4.61. The summed E-state index contributed by atoms with van der Waals surface area (Å²) in [5, 5.41) is 2.30. The summed E-state index contributed by atoms with van der Waals surface area (Å²) in [6, 6.07) is 19.1. The van der Waals surface area contributed by atoms with E-state index in [1.165, 1.54) is 23.1 Å². The maximum absolute atomic E-state index is 13.6. The van der Waals surface area contributed by atoms with Crippen LogP contribution < -0.4 is 10.1 Å². The van der Waals surface area contributed by atoms with Gasteiger partial charge in [0.2, 0.25) is 11.8 Å². The fraction of sp³-hybridized carbons (Fsp3) is 0.200. The molecule has 0 fully saturated rings. The summed E-state index contributed by atoms with van der Waals surface area (Å²) in [5.74, 6) is -0.639. The average molecular weight is 454 g/mol. The predicted octanol–water partition coefficient (Wildman–Crippen LogP) is 5.43. The second-order valence-corrected chi connectivity index (χ2v) is 7.55. The van der Waals surface area contributed by atoms with Crippen LogP contribution in [0.15, 0.2) is 72.8 Å². The van der Waals surface area contributed by atoms with Gasteiger partial charge in [-0.15, -0.1) is 0 Å². The van der Waals surface area contributed by atoms with E-state index < -0.39 is 23.6 Å². The van der Waals surface area contributed by atoms with Gasteiger partial charge in [0, 0.05) is 17.7 Å². The number of halogens is 3. The average Bonchev–Trinajstić information content (AvgIpc) is 2.80. The van der Waals surface area contributed by atoms with Gasteiger partial charge in [0.05, 0.1) is 23.7 Å². The Morgan fingerprint density at radius 2 is 1.45 bits per heavy atom. The number of nitrogens with zero attached hydrogens (tertiary/aromatic N) is 1. The van der Waals surface area contributed by atoms with Crippen molar-refractivity contribution in [3.8, 4) is 11.5 Å². The summed E-state index contributed by atoms with van der Waals surface area (Å²) in [6.07, 6.45) is -4.61. The van der Waals surface area contributed by atoms with E-state index in [9.17, 15) is 22.8 Å². The fourth-order valence-corrected chi connectivity index (χ4v) is 3.91. The maximum Gasteiger partial charge on any atom is 0.418 e. The lowest BCUT2D eigenvalue weighted by atomic mass is 9.87. The third-order valence-electron chi connectivity index (χ3n) is 5.46. The molecule has 8 heteroatoms. The van der Waals surface area contributed by atoms with Crippen LogP contribution in [0.5, 0.6) is 11.5 Å². The van der Waals surface area contributed by atoms with Crippen LogP contribution in [0.3, 0.4) is 0 Å². The lowest BCUT2D eigenvalue weighted by molar-refractivity contribution is -0.137. The number of carbonyl (C=O) groups excluding carboxylic acids is 2. The minimum absolute atomic E-state index is 0.203. The lowest BCUT2D eigenvalue weighted by Crippen LogP contribution is -2.41. The number of para-hydroxylation sites is 3. The highest BCUT2D eigenvalue weighted by Crippen LogP contribution is 2.44. The van der Waals surface area contributed by atoms with E-state index in [-0.39, 0.29) is 24.7 Å². The number of ether oxygens (including phenoxy) is 1. The zero-order valence-electron chi connectivity index (χ0n) is 17.7. The van der Waals surface area contributed by atoms with E-state index in [0.29, 0.717) is 22.6 Å². The van der Waals surface area contributed by atoms with Gasteiger partial charge in [0.15, 0.2) is 0 Å². The van der Waals surface area contributed by atoms with Crippen molar-refractivity contribution >= 4 is 17.5 Å². The zero-order chi connectivity index (χ0) is 23.6. The first-order valence-corrected chi connectivity index (χ1v) is 10.4. The van der Waals surface area contributed by atoms with Gasteiger partial charge in [-0.25, -0.2) is 0 Å². The van der Waals surface area contributed by atoms with Crippen molar-refractivity contribution in [2.75, 3.05) is 18.4 Å². The third kappa shape index (κ3) is 4.55. The number of benzene rings is 3. The molecule has 0 bridgehead atoms. The summed E-state index contributed by atoms with van der Waals surface area (Å²) in [5.41, 5.74) is 0.0465. The van der Waals surface area contributed by atoms with Crippen molar-refractivity contribution in [1.29, 1.82) is 0 Å². The van der Waals surface area contributed by atoms with Crippen LogP contribution in [0.4, 0.5) is 18.9 Å². The number of hydrogen-bond donors (Lipinski definition) is 1. The van der Waals surface area contributed by atoms with Crippen molar-refractivity contribution in [2.45, 2.75) is 19.0 Å². The van der Waals surface area contributed by atoms with Crippen LogP contribution in [-0.4, -0.2) is 29.8 Å². The second kappa shape index (κ2) is 8.97. The van der Waals surface area contributed by atoms with Gasteiger partial charge in [-0.2, -0.15) is 13.2 Å². The Balaban J connectivity index is 1.59. The minimum Gasteiger partial charge on any atom is -0.457 e. The molecule has 0 aliphatic carbocycles. The van der Waals surface area contributed by atoms with Crippen molar-refractivity contribution < 1.29 is 27.5 Å². The number of fused-ring (bicyclic) bond motifs is 2. The van der Waals surface area contributed by atoms with Gasteiger partial charge < -0.3 is 15.0 Å². The number of alkyl halides is 3. The van der Waals surface area contributed by atoms with Gasteiger partial charge in [-0.05, 0) is 31.2 Å². The number of nitrogens with one attached hydrogen (secondary N) is 1. The number of rotatable bonds is 5. The molecule has 1 heterocycles. The van der Waals surface area contributed by atoms with Crippen molar-refractivity contribution in [1.82, 2.24) is 4.90 Å². The van der Waals surface area contributed by atoms with Crippen molar-refractivity contribution in [3.05, 3.63) is 89.5 Å². The maximum atomic E-state index is 13.6. The second-order valence-electron chi connectivity index (χ2n) is 7.55. The molecule has 0 atom stereocenters. The van der Waals surface area contributed by atoms with E-state index >= 15 is 0 Å². The van der Waals surface area contributed by atoms with Gasteiger partial charge in [0.1, 0.15) is 11.5 Å². The van der Waals surface area contributed by atoms with Crippen molar-refractivity contribution in [2.24, 2.45) is 0 Å². The molecular weight excluding hydrogens is 433 g/mol. The number of likely N-dealkylation sites (N-methyl/N-ethyl adjacent to an activating group) is 1. The Bertz CT molecular complexity index is 1150. The summed E-state index contributed by atoms with van der Waals surface area (Å²) < 4.78 is 45.7. The molecule has 2 amide bonds. The lowest BCUT2D eigenvalue weighted by Gasteiger charge is -2.31. The number of anilines is 1. The van der Waals surface area contributed by atoms with Crippen LogP contribution in [0.2, 0.25) is 0 Å². The van der Waals surface area contributed by atoms with E-state index in [2.05, 4.69) is 5.32 Å². The van der Waals surface area contributed by atoms with Gasteiger partial charge in [-0.3, -0.25) is 9.59 Å². The highest BCUT2D eigenvalue weighted by molar-refractivity contribution is 5.97. The summed E-state index contributed by atoms with van der Waals surface area (Å²) in [6.45, 7) is 1.53. The first kappa shape index (κ1) is 22.4. The van der Waals surface area contributed by atoms with Crippen LogP contribution in [-0.2, 0) is 15.8 Å². The largest absolute Gasteiger partial charge is 0.457 e. The number of hydrogen-bond acceptors (Lipinski definition) is 3. The molecule has 0 radical (unpaired) electrons. The molecule has 0 aromatic heterocycles. The fourth-order valence-electron chi connectivity index (χ4n) is 3.91. The molecular formula is C25H21F3N2O3. The quantitative estimate of drug-likeness (QED) is 0.559. The van der Waals surface area contributed by atoms with E-state index in [4.69, 9.17) is 4.74 Å². The Morgan fingerprint density at radius 1 is 0.909 bits per heavy atom. The number of amides is 2. The molecule has 170 valence electrons. The van der Waals surface area contributed by atoms with Gasteiger partial charge >= 0.3 is 6.18 Å². The topological polar surface area (TPSA) is 58.6 Å². The Morgan fingerprint density at radius 3 is 2.03 bits per heavy atom. The molecule has 4 rings (SSSR count). The third-order valence-corrected chi connectivity index (χ3v) is 5.46. The smallest absolute Gasteiger partial charge is 0.418 e. The molecule has 0 saturated heterocycles. The summed E-state index contributed by atoms with van der Waals surface area (Å²) in [7, 11) is 0. The molecule has 3 aromatic rings. The SMILES string of the molecule is CCN(CC(=O)Nc1ccccc1C(F)(F)F)C(=O)C1c2ccccc2Oc2ccccc21. The summed E-state index contributed by atoms with van der Waals surface area (Å²) >= 11 is 0. The van der Waals surface area contributed by atoms with Gasteiger partial charge in [-0.1, -0.05) is 48.5 Å². The van der Waals surface area contributed by atoms with Gasteiger partial charge in [0.25, 0.3) is 0 Å². The predicted molar refractivity (Wildman–Crippen MR) is 117 cm³/mol. The Kier molecular flexibility index (Phi) is 6.09. The molecule has 1 N–H and O–H groups in total. The summed E-state index contributed by atoms with van der Waals surface area (Å²) in [4.78, 5) is 27.6. The normalized spacial score (nSPS) is 12.8. The van der Waals surface area contributed by atoms with E-state index in [1.807, 2.05) is 0 Å². The highest BCUT2D eigenvalue weighted by Gasteiger charge is 2.36. The van der Waals surface area contributed by atoms with Crippen LogP contribution in [0.25, 0.3) is 0 Å². The molecule has 1 aliphatic heterocycles. The molecule has 3 aromatic carbocycles. The monoisotopic (exact) mass is 454 g/mol. The molecule has 5 nitrogen and oxygen atoms in total. The Labute approximate surface area is 188 Å². The molecule has 1 aliphatic rings. The molecule has 0 spiro atoms. The standard InChI is InChI=1S/C25H21F3N2O3/c1-2-30(15-22(31)29-19-12-6-5-11-18(19)25(26,27)28)24(32)23-16-9-3-7-13-20(16)33-21-14-8-4-10-17(21)23/h3-14,23H,2,15H2,1H3,(H,29,31). The van der Waals surface area contributed by atoms with Crippen LogP contribution in [0.1, 0.15) is 29.5 Å². The first-order valence-electron chi connectivity index (χ1n) is 10.4. The van der Waals surface area contributed by atoms with Crippen molar-refractivity contribution in [3.63, 3.8) is 0 Å². The first-order chi connectivity index (χ1) is 15.8. The van der Waals surface area contributed by atoms with Crippen LogP contribution >= 0.6 is 0 Å². The van der Waals surface area contributed by atoms with E-state index in [1.54, 1.807) is 55.5 Å². The van der Waals surface area contributed by atoms with Crippen LogP contribution in [0, 0.1) is 0 Å². The molecule has 33 heavy (non-hydrogen) atoms.